The zero-order valence-corrected chi connectivity index (χ0v) is 7.27. The quantitative estimate of drug-likeness (QED) is 0.665. The maximum absolute atomic E-state index is 10.9. The summed E-state index contributed by atoms with van der Waals surface area (Å²) in [5.41, 5.74) is 6.00. The van der Waals surface area contributed by atoms with Crippen molar-refractivity contribution in [3.05, 3.63) is 36.2 Å². The number of aromatic carboxylic acids is 1. The first-order valence-electron chi connectivity index (χ1n) is 4.05. The van der Waals surface area contributed by atoms with Gasteiger partial charge in [0.25, 0.3) is 0 Å². The van der Waals surface area contributed by atoms with E-state index < -0.39 is 5.97 Å². The Morgan fingerprint density at radius 2 is 2.14 bits per heavy atom. The number of pyridine rings is 1. The molecule has 0 spiro atoms. The van der Waals surface area contributed by atoms with Crippen LogP contribution < -0.4 is 5.73 Å². The minimum absolute atomic E-state index is 0.143. The lowest BCUT2D eigenvalue weighted by atomic mass is 10.1. The molecular weight excluding hydrogens is 180 g/mol. The molecule has 2 rings (SSSR count). The molecule has 0 saturated carbocycles. The molecule has 2 aromatic rings. The summed E-state index contributed by atoms with van der Waals surface area (Å²) < 4.78 is 0. The first-order chi connectivity index (χ1) is 6.70. The number of carbonyl (C=O) groups is 1. The third-order valence-corrected chi connectivity index (χ3v) is 2.07. The fourth-order valence-corrected chi connectivity index (χ4v) is 1.42. The number of benzene rings is 1. The van der Waals surface area contributed by atoms with Crippen molar-refractivity contribution in [1.82, 2.24) is 4.98 Å². The van der Waals surface area contributed by atoms with Crippen LogP contribution in [0.5, 0.6) is 0 Å². The van der Waals surface area contributed by atoms with Crippen LogP contribution in [0.3, 0.4) is 0 Å². The molecule has 0 radical (unpaired) electrons. The smallest absolute Gasteiger partial charge is 0.338 e. The number of nitrogens with zero attached hydrogens (tertiary/aromatic N) is 1. The Labute approximate surface area is 80.0 Å². The molecule has 0 aliphatic heterocycles. The van der Waals surface area contributed by atoms with E-state index in [0.29, 0.717) is 5.39 Å². The Kier molecular flexibility index (Phi) is 1.81. The molecule has 14 heavy (non-hydrogen) atoms. The highest BCUT2D eigenvalue weighted by atomic mass is 16.4. The number of anilines is 1. The molecule has 1 heterocycles. The summed E-state index contributed by atoms with van der Waals surface area (Å²) in [6.45, 7) is 0. The average molecular weight is 188 g/mol. The van der Waals surface area contributed by atoms with Gasteiger partial charge in [0, 0.05) is 28.9 Å². The van der Waals surface area contributed by atoms with E-state index in [-0.39, 0.29) is 11.3 Å². The van der Waals surface area contributed by atoms with Gasteiger partial charge in [-0.05, 0) is 12.1 Å². The van der Waals surface area contributed by atoms with Crippen LogP contribution in [0.25, 0.3) is 10.8 Å². The first-order valence-corrected chi connectivity index (χ1v) is 4.05. The summed E-state index contributed by atoms with van der Waals surface area (Å²) in [7, 11) is 0. The lowest BCUT2D eigenvalue weighted by molar-refractivity contribution is 0.0700. The summed E-state index contributed by atoms with van der Waals surface area (Å²) in [4.78, 5) is 14.8. The average Bonchev–Trinajstić information content (AvgIpc) is 2.17. The van der Waals surface area contributed by atoms with Gasteiger partial charge >= 0.3 is 5.97 Å². The Bertz CT molecular complexity index is 508. The predicted molar refractivity (Wildman–Crippen MR) is 53.1 cm³/mol. The molecule has 0 bridgehead atoms. The molecule has 4 nitrogen and oxygen atoms in total. The van der Waals surface area contributed by atoms with Gasteiger partial charge in [0.15, 0.2) is 0 Å². The Balaban J connectivity index is 2.90. The second-order valence-corrected chi connectivity index (χ2v) is 2.93. The normalized spacial score (nSPS) is 10.3. The highest BCUT2D eigenvalue weighted by Gasteiger charge is 2.11. The number of nitrogens with two attached hydrogens (primary N) is 1. The van der Waals surface area contributed by atoms with Gasteiger partial charge in [-0.25, -0.2) is 4.79 Å². The molecule has 0 unspecified atom stereocenters. The van der Waals surface area contributed by atoms with E-state index in [0.717, 1.165) is 5.39 Å². The number of carboxylic acids is 1. The van der Waals surface area contributed by atoms with Crippen LogP contribution in [0, 0.1) is 0 Å². The first kappa shape index (κ1) is 8.50. The van der Waals surface area contributed by atoms with Crippen molar-refractivity contribution >= 4 is 22.4 Å². The fraction of sp³-hybridized carbons (Fsp3) is 0. The Morgan fingerprint density at radius 3 is 2.86 bits per heavy atom. The zero-order valence-electron chi connectivity index (χ0n) is 7.27. The Morgan fingerprint density at radius 1 is 1.36 bits per heavy atom. The molecule has 3 N–H and O–H groups in total. The molecule has 0 amide bonds. The van der Waals surface area contributed by atoms with Gasteiger partial charge in [0.2, 0.25) is 0 Å². The van der Waals surface area contributed by atoms with Crippen LogP contribution >= 0.6 is 0 Å². The molecule has 4 heteroatoms. The zero-order chi connectivity index (χ0) is 10.1. The molecule has 0 aliphatic carbocycles. The van der Waals surface area contributed by atoms with E-state index in [4.69, 9.17) is 10.8 Å². The fourth-order valence-electron chi connectivity index (χ4n) is 1.42. The van der Waals surface area contributed by atoms with Crippen LogP contribution in [0.1, 0.15) is 10.4 Å². The van der Waals surface area contributed by atoms with E-state index >= 15 is 0 Å². The van der Waals surface area contributed by atoms with Gasteiger partial charge < -0.3 is 10.8 Å². The number of carboxylic acid groups (broad SMARTS) is 1. The minimum atomic E-state index is -1.01. The van der Waals surface area contributed by atoms with Crippen LogP contribution in [-0.2, 0) is 0 Å². The summed E-state index contributed by atoms with van der Waals surface area (Å²) in [5.74, 6) is -1.01. The van der Waals surface area contributed by atoms with Crippen LogP contribution in [-0.4, -0.2) is 16.1 Å². The number of rotatable bonds is 1. The molecule has 70 valence electrons. The molecular formula is C10H8N2O2. The van der Waals surface area contributed by atoms with Crippen molar-refractivity contribution in [2.24, 2.45) is 0 Å². The lowest BCUT2D eigenvalue weighted by Gasteiger charge is -2.04. The van der Waals surface area contributed by atoms with Crippen molar-refractivity contribution in [2.75, 3.05) is 5.73 Å². The van der Waals surface area contributed by atoms with Gasteiger partial charge in [-0.2, -0.15) is 0 Å². The van der Waals surface area contributed by atoms with Gasteiger partial charge in [0.05, 0.1) is 5.56 Å². The van der Waals surface area contributed by atoms with Crippen molar-refractivity contribution in [2.45, 2.75) is 0 Å². The summed E-state index contributed by atoms with van der Waals surface area (Å²) in [6, 6.07) is 4.98. The number of nitrogen functional groups attached to an aromatic ring is 1. The summed E-state index contributed by atoms with van der Waals surface area (Å²) in [5, 5.41) is 10.4. The maximum atomic E-state index is 10.9. The summed E-state index contributed by atoms with van der Waals surface area (Å²) >= 11 is 0. The molecule has 1 aromatic carbocycles. The van der Waals surface area contributed by atoms with Crippen molar-refractivity contribution in [3.8, 4) is 0 Å². The predicted octanol–water partition coefficient (Wildman–Crippen LogP) is 1.52. The number of aromatic nitrogens is 1. The molecule has 0 aliphatic rings. The molecule has 1 aromatic heterocycles. The van der Waals surface area contributed by atoms with Gasteiger partial charge in [-0.3, -0.25) is 4.98 Å². The van der Waals surface area contributed by atoms with Crippen molar-refractivity contribution in [1.29, 1.82) is 0 Å². The SMILES string of the molecule is Nc1ccc2cnccc2c1C(=O)O. The van der Waals surface area contributed by atoms with Gasteiger partial charge in [0.1, 0.15) is 0 Å². The van der Waals surface area contributed by atoms with Crippen molar-refractivity contribution in [3.63, 3.8) is 0 Å². The largest absolute Gasteiger partial charge is 0.478 e. The standard InChI is InChI=1S/C10H8N2O2/c11-8-2-1-6-5-12-4-3-7(6)9(8)10(13)14/h1-5H,11H2,(H,13,14). The van der Waals surface area contributed by atoms with Crippen LogP contribution in [0.15, 0.2) is 30.6 Å². The maximum Gasteiger partial charge on any atom is 0.338 e. The second-order valence-electron chi connectivity index (χ2n) is 2.93. The van der Waals surface area contributed by atoms with Crippen LogP contribution in [0.4, 0.5) is 5.69 Å². The van der Waals surface area contributed by atoms with Crippen molar-refractivity contribution < 1.29 is 9.90 Å². The van der Waals surface area contributed by atoms with E-state index in [1.54, 1.807) is 30.6 Å². The van der Waals surface area contributed by atoms with Crippen LogP contribution in [0.2, 0.25) is 0 Å². The van der Waals surface area contributed by atoms with E-state index in [2.05, 4.69) is 4.98 Å². The third-order valence-electron chi connectivity index (χ3n) is 2.07. The molecule has 0 fully saturated rings. The Hall–Kier alpha value is -2.10. The lowest BCUT2D eigenvalue weighted by Crippen LogP contribution is -2.03. The number of hydrogen-bond acceptors (Lipinski definition) is 3. The van der Waals surface area contributed by atoms with Gasteiger partial charge in [-0.15, -0.1) is 0 Å². The molecule has 0 atom stereocenters. The van der Waals surface area contributed by atoms with E-state index in [1.165, 1.54) is 0 Å². The topological polar surface area (TPSA) is 76.2 Å². The highest BCUT2D eigenvalue weighted by Crippen LogP contribution is 2.23. The minimum Gasteiger partial charge on any atom is -0.478 e. The third kappa shape index (κ3) is 1.17. The summed E-state index contributed by atoms with van der Waals surface area (Å²) in [6.07, 6.45) is 3.16. The number of fused-ring (bicyclic) bond motifs is 1. The van der Waals surface area contributed by atoms with E-state index in [1.807, 2.05) is 0 Å². The monoisotopic (exact) mass is 188 g/mol. The number of hydrogen-bond donors (Lipinski definition) is 2. The molecule has 0 saturated heterocycles. The highest BCUT2D eigenvalue weighted by molar-refractivity contribution is 6.07. The second kappa shape index (κ2) is 2.99. The van der Waals surface area contributed by atoms with Gasteiger partial charge in [-0.1, -0.05) is 6.07 Å². The van der Waals surface area contributed by atoms with E-state index in [9.17, 15) is 4.79 Å².